The third kappa shape index (κ3) is 3.64. The maximum Gasteiger partial charge on any atom is 0.317 e. The van der Waals surface area contributed by atoms with E-state index in [4.69, 9.17) is 0 Å². The summed E-state index contributed by atoms with van der Waals surface area (Å²) < 4.78 is 0. The SMILES string of the molecule is Cc1nccc(CNC(=O)N2CCC(N(C)C)C2)n1. The minimum absolute atomic E-state index is 0.0133. The zero-order valence-electron chi connectivity index (χ0n) is 11.8. The molecule has 6 heteroatoms. The Morgan fingerprint density at radius 1 is 1.58 bits per heavy atom. The lowest BCUT2D eigenvalue weighted by Gasteiger charge is -2.20. The molecular weight excluding hydrogens is 242 g/mol. The predicted molar refractivity (Wildman–Crippen MR) is 72.7 cm³/mol. The van der Waals surface area contributed by atoms with Gasteiger partial charge in [-0.1, -0.05) is 0 Å². The average molecular weight is 263 g/mol. The summed E-state index contributed by atoms with van der Waals surface area (Å²) >= 11 is 0. The molecule has 0 bridgehead atoms. The van der Waals surface area contributed by atoms with Crippen molar-refractivity contribution in [2.24, 2.45) is 0 Å². The van der Waals surface area contributed by atoms with Crippen LogP contribution < -0.4 is 5.32 Å². The number of amides is 2. The topological polar surface area (TPSA) is 61.4 Å². The first-order valence-electron chi connectivity index (χ1n) is 6.54. The van der Waals surface area contributed by atoms with Crippen molar-refractivity contribution in [3.05, 3.63) is 23.8 Å². The van der Waals surface area contributed by atoms with Gasteiger partial charge in [0.25, 0.3) is 0 Å². The van der Waals surface area contributed by atoms with Gasteiger partial charge in [0.05, 0.1) is 12.2 Å². The summed E-state index contributed by atoms with van der Waals surface area (Å²) in [6, 6.07) is 2.27. The van der Waals surface area contributed by atoms with Crippen molar-refractivity contribution < 1.29 is 4.79 Å². The second-order valence-electron chi connectivity index (χ2n) is 5.11. The molecule has 104 valence electrons. The highest BCUT2D eigenvalue weighted by Gasteiger charge is 2.27. The predicted octanol–water partition coefficient (Wildman–Crippen LogP) is 0.631. The van der Waals surface area contributed by atoms with Crippen LogP contribution in [-0.2, 0) is 6.54 Å². The van der Waals surface area contributed by atoms with Gasteiger partial charge in [-0.3, -0.25) is 0 Å². The highest BCUT2D eigenvalue weighted by atomic mass is 16.2. The number of hydrogen-bond donors (Lipinski definition) is 1. The molecule has 1 fully saturated rings. The summed E-state index contributed by atoms with van der Waals surface area (Å²) in [5.41, 5.74) is 0.837. The van der Waals surface area contributed by atoms with Crippen molar-refractivity contribution in [1.29, 1.82) is 0 Å². The van der Waals surface area contributed by atoms with Crippen LogP contribution in [0.5, 0.6) is 0 Å². The molecule has 19 heavy (non-hydrogen) atoms. The maximum absolute atomic E-state index is 12.0. The van der Waals surface area contributed by atoms with E-state index in [1.165, 1.54) is 0 Å². The molecule has 1 aromatic heterocycles. The number of hydrogen-bond acceptors (Lipinski definition) is 4. The quantitative estimate of drug-likeness (QED) is 0.869. The molecule has 2 amide bonds. The Labute approximate surface area is 113 Å². The minimum atomic E-state index is -0.0133. The average Bonchev–Trinajstić information content (AvgIpc) is 2.86. The number of likely N-dealkylation sites (tertiary alicyclic amines) is 1. The minimum Gasteiger partial charge on any atom is -0.332 e. The summed E-state index contributed by atoms with van der Waals surface area (Å²) in [6.45, 7) is 3.90. The van der Waals surface area contributed by atoms with E-state index in [2.05, 4.69) is 34.3 Å². The molecule has 0 saturated carbocycles. The van der Waals surface area contributed by atoms with Crippen LogP contribution in [0, 0.1) is 6.92 Å². The molecule has 1 unspecified atom stereocenters. The number of likely N-dealkylation sites (N-methyl/N-ethyl adjacent to an activating group) is 1. The van der Waals surface area contributed by atoms with Crippen LogP contribution in [0.25, 0.3) is 0 Å². The van der Waals surface area contributed by atoms with Crippen molar-refractivity contribution in [2.45, 2.75) is 25.9 Å². The normalized spacial score (nSPS) is 18.9. The van der Waals surface area contributed by atoms with E-state index in [-0.39, 0.29) is 6.03 Å². The molecule has 0 aliphatic carbocycles. The van der Waals surface area contributed by atoms with Gasteiger partial charge in [0.15, 0.2) is 0 Å². The van der Waals surface area contributed by atoms with Gasteiger partial charge >= 0.3 is 6.03 Å². The molecule has 0 radical (unpaired) electrons. The van der Waals surface area contributed by atoms with Crippen LogP contribution in [0.4, 0.5) is 4.79 Å². The lowest BCUT2D eigenvalue weighted by Crippen LogP contribution is -2.40. The Kier molecular flexibility index (Phi) is 4.31. The molecule has 1 atom stereocenters. The summed E-state index contributed by atoms with van der Waals surface area (Å²) in [6.07, 6.45) is 2.74. The van der Waals surface area contributed by atoms with E-state index in [1.807, 2.05) is 17.9 Å². The van der Waals surface area contributed by atoms with Gasteiger partial charge in [-0.2, -0.15) is 0 Å². The first kappa shape index (κ1) is 13.7. The van der Waals surface area contributed by atoms with Crippen LogP contribution in [-0.4, -0.2) is 59.0 Å². The number of urea groups is 1. The van der Waals surface area contributed by atoms with E-state index in [0.29, 0.717) is 12.6 Å². The Morgan fingerprint density at radius 2 is 2.37 bits per heavy atom. The van der Waals surface area contributed by atoms with E-state index < -0.39 is 0 Å². The van der Waals surface area contributed by atoms with Gasteiger partial charge in [0.1, 0.15) is 5.82 Å². The van der Waals surface area contributed by atoms with Gasteiger partial charge in [0.2, 0.25) is 0 Å². The summed E-state index contributed by atoms with van der Waals surface area (Å²) in [5, 5.41) is 2.91. The lowest BCUT2D eigenvalue weighted by molar-refractivity contribution is 0.203. The standard InChI is InChI=1S/C13H21N5O/c1-10-14-6-4-11(16-10)8-15-13(19)18-7-5-12(9-18)17(2)3/h4,6,12H,5,7-9H2,1-3H3,(H,15,19). The van der Waals surface area contributed by atoms with E-state index >= 15 is 0 Å². The number of aromatic nitrogens is 2. The van der Waals surface area contributed by atoms with Gasteiger partial charge < -0.3 is 15.1 Å². The zero-order valence-corrected chi connectivity index (χ0v) is 11.8. The summed E-state index contributed by atoms with van der Waals surface area (Å²) in [5.74, 6) is 0.723. The van der Waals surface area contributed by atoms with Crippen molar-refractivity contribution >= 4 is 6.03 Å². The van der Waals surface area contributed by atoms with Crippen molar-refractivity contribution in [3.8, 4) is 0 Å². The number of rotatable bonds is 3. The Balaban J connectivity index is 1.82. The molecule has 6 nitrogen and oxygen atoms in total. The summed E-state index contributed by atoms with van der Waals surface area (Å²) in [4.78, 5) is 24.3. The van der Waals surface area contributed by atoms with Gasteiger partial charge in [-0.25, -0.2) is 14.8 Å². The highest BCUT2D eigenvalue weighted by molar-refractivity contribution is 5.74. The number of nitrogens with one attached hydrogen (secondary N) is 1. The van der Waals surface area contributed by atoms with Crippen molar-refractivity contribution in [3.63, 3.8) is 0 Å². The fraction of sp³-hybridized carbons (Fsp3) is 0.615. The monoisotopic (exact) mass is 263 g/mol. The Hall–Kier alpha value is -1.69. The zero-order chi connectivity index (χ0) is 13.8. The van der Waals surface area contributed by atoms with Gasteiger partial charge in [0, 0.05) is 25.3 Å². The van der Waals surface area contributed by atoms with Crippen molar-refractivity contribution in [1.82, 2.24) is 25.1 Å². The number of aryl methyl sites for hydroxylation is 1. The van der Waals surface area contributed by atoms with Crippen LogP contribution in [0.3, 0.4) is 0 Å². The van der Waals surface area contributed by atoms with Crippen LogP contribution >= 0.6 is 0 Å². The second kappa shape index (κ2) is 5.97. The van der Waals surface area contributed by atoms with Crippen molar-refractivity contribution in [2.75, 3.05) is 27.2 Å². The van der Waals surface area contributed by atoms with E-state index in [1.54, 1.807) is 6.20 Å². The molecule has 1 aliphatic rings. The number of nitrogens with zero attached hydrogens (tertiary/aromatic N) is 4. The Bertz CT molecular complexity index is 448. The molecule has 1 aliphatic heterocycles. The van der Waals surface area contributed by atoms with Gasteiger partial charge in [-0.05, 0) is 33.5 Å². The third-order valence-corrected chi connectivity index (χ3v) is 3.44. The molecule has 0 spiro atoms. The molecule has 1 N–H and O–H groups in total. The number of carbonyl (C=O) groups excluding carboxylic acids is 1. The molecule has 0 aromatic carbocycles. The first-order valence-corrected chi connectivity index (χ1v) is 6.54. The molecular formula is C13H21N5O. The molecule has 2 heterocycles. The summed E-state index contributed by atoms with van der Waals surface area (Å²) in [7, 11) is 4.10. The van der Waals surface area contributed by atoms with Gasteiger partial charge in [-0.15, -0.1) is 0 Å². The van der Waals surface area contributed by atoms with Crippen LogP contribution in [0.15, 0.2) is 12.3 Å². The largest absolute Gasteiger partial charge is 0.332 e. The van der Waals surface area contributed by atoms with Crippen LogP contribution in [0.2, 0.25) is 0 Å². The first-order chi connectivity index (χ1) is 9.06. The molecule has 1 saturated heterocycles. The molecule has 2 rings (SSSR count). The Morgan fingerprint density at radius 3 is 3.00 bits per heavy atom. The highest BCUT2D eigenvalue weighted by Crippen LogP contribution is 2.13. The second-order valence-corrected chi connectivity index (χ2v) is 5.11. The van der Waals surface area contributed by atoms with E-state index in [9.17, 15) is 4.79 Å². The third-order valence-electron chi connectivity index (χ3n) is 3.44. The smallest absolute Gasteiger partial charge is 0.317 e. The number of carbonyl (C=O) groups is 1. The lowest BCUT2D eigenvalue weighted by atomic mass is 10.2. The van der Waals surface area contributed by atoms with Crippen LogP contribution in [0.1, 0.15) is 17.9 Å². The molecule has 1 aromatic rings. The fourth-order valence-corrected chi connectivity index (χ4v) is 2.23. The fourth-order valence-electron chi connectivity index (χ4n) is 2.23. The maximum atomic E-state index is 12.0. The van der Waals surface area contributed by atoms with E-state index in [0.717, 1.165) is 31.0 Å².